The topological polar surface area (TPSA) is 67.6 Å². The molecule has 1 aliphatic heterocycles. The van der Waals surface area contributed by atoms with Crippen LogP contribution in [0.5, 0.6) is 0 Å². The van der Waals surface area contributed by atoms with Gasteiger partial charge in [-0.2, -0.15) is 22.6 Å². The molecule has 0 aliphatic carbocycles. The first-order valence-electron chi connectivity index (χ1n) is 8.13. The summed E-state index contributed by atoms with van der Waals surface area (Å²) in [7, 11) is -3.48. The molecule has 6 nitrogen and oxygen atoms in total. The first-order valence-corrected chi connectivity index (χ1v) is 10.9. The summed E-state index contributed by atoms with van der Waals surface area (Å²) < 4.78 is 66.8. The molecular weight excluding hydrogens is 401 g/mol. The average Bonchev–Trinajstić information content (AvgIpc) is 3.30. The Balaban J connectivity index is 1.89. The fourth-order valence-corrected chi connectivity index (χ4v) is 5.16. The molecule has 0 radical (unpaired) electrons. The zero-order chi connectivity index (χ0) is 19.4. The van der Waals surface area contributed by atoms with Crippen molar-refractivity contribution < 1.29 is 21.6 Å². The number of hydrogen-bond donors (Lipinski definition) is 0. The van der Waals surface area contributed by atoms with Crippen molar-refractivity contribution in [2.75, 3.05) is 12.8 Å². The van der Waals surface area contributed by atoms with Crippen molar-refractivity contribution in [2.45, 2.75) is 25.1 Å². The number of sulfonamides is 1. The van der Waals surface area contributed by atoms with E-state index in [4.69, 9.17) is 0 Å². The van der Waals surface area contributed by atoms with Crippen molar-refractivity contribution in [1.82, 2.24) is 18.9 Å². The minimum Gasteiger partial charge on any atom is -0.228 e. The minimum absolute atomic E-state index is 0.0450. The fraction of sp³-hybridized carbons (Fsp3) is 0.375. The normalized spacial score (nSPS) is 19.2. The van der Waals surface area contributed by atoms with Crippen LogP contribution in [0.1, 0.15) is 30.3 Å². The number of aromatic nitrogens is 3. The summed E-state index contributed by atoms with van der Waals surface area (Å²) in [6, 6.07) is 5.28. The van der Waals surface area contributed by atoms with Gasteiger partial charge >= 0.3 is 6.18 Å². The Hall–Kier alpha value is -1.98. The van der Waals surface area contributed by atoms with E-state index < -0.39 is 27.9 Å². The monoisotopic (exact) mass is 416 g/mol. The maximum Gasteiger partial charge on any atom is 0.433 e. The maximum absolute atomic E-state index is 13.6. The van der Waals surface area contributed by atoms with E-state index in [2.05, 4.69) is 10.1 Å². The van der Waals surface area contributed by atoms with Gasteiger partial charge < -0.3 is 0 Å². The summed E-state index contributed by atoms with van der Waals surface area (Å²) >= 11 is 1.29. The van der Waals surface area contributed by atoms with E-state index in [1.165, 1.54) is 21.7 Å². The highest BCUT2D eigenvalue weighted by Gasteiger charge is 2.38. The molecule has 11 heteroatoms. The summed E-state index contributed by atoms with van der Waals surface area (Å²) in [4.78, 5) is 4.93. The SMILES string of the molecule is CS(=O)(=O)N1CCC[C@H]1c1cc2nc(-c3cccs3)cc(C(F)(F)F)n2n1. The Bertz CT molecular complexity index is 1090. The van der Waals surface area contributed by atoms with Gasteiger partial charge in [-0.25, -0.2) is 17.9 Å². The molecule has 1 atom stereocenters. The highest BCUT2D eigenvalue weighted by Crippen LogP contribution is 2.37. The number of fused-ring (bicyclic) bond motifs is 1. The van der Waals surface area contributed by atoms with Crippen LogP contribution in [0.25, 0.3) is 16.2 Å². The van der Waals surface area contributed by atoms with E-state index in [0.717, 1.165) is 16.8 Å². The van der Waals surface area contributed by atoms with Gasteiger partial charge in [-0.05, 0) is 30.4 Å². The average molecular weight is 416 g/mol. The standard InChI is InChI=1S/C16H15F3N4O2S2/c1-27(24,25)22-6-2-4-12(22)10-9-15-20-11(13-5-3-7-26-13)8-14(16(17,18)19)23(15)21-10/h3,5,7-9,12H,2,4,6H2,1H3/t12-/m0/s1. The van der Waals surface area contributed by atoms with E-state index in [1.54, 1.807) is 17.5 Å². The minimum atomic E-state index is -4.62. The third kappa shape index (κ3) is 3.34. The Kier molecular flexibility index (Phi) is 4.28. The molecule has 4 rings (SSSR count). The van der Waals surface area contributed by atoms with Gasteiger partial charge in [0.2, 0.25) is 10.0 Å². The van der Waals surface area contributed by atoms with Crippen LogP contribution in [0.15, 0.2) is 29.6 Å². The molecule has 0 bridgehead atoms. The predicted octanol–water partition coefficient (Wildman–Crippen LogP) is 3.57. The lowest BCUT2D eigenvalue weighted by atomic mass is 10.2. The summed E-state index contributed by atoms with van der Waals surface area (Å²) in [6.07, 6.45) is -2.39. The van der Waals surface area contributed by atoms with Crippen LogP contribution in [0.4, 0.5) is 13.2 Å². The summed E-state index contributed by atoms with van der Waals surface area (Å²) in [5.74, 6) is 0. The summed E-state index contributed by atoms with van der Waals surface area (Å²) in [5.41, 5.74) is -0.406. The number of halogens is 3. The van der Waals surface area contributed by atoms with E-state index in [0.29, 0.717) is 24.3 Å². The second-order valence-corrected chi connectivity index (χ2v) is 9.26. The van der Waals surface area contributed by atoms with Gasteiger partial charge in [0.25, 0.3) is 0 Å². The Morgan fingerprint density at radius 1 is 1.30 bits per heavy atom. The molecule has 0 spiro atoms. The number of thiophene rings is 1. The number of rotatable bonds is 3. The van der Waals surface area contributed by atoms with Gasteiger partial charge in [-0.15, -0.1) is 11.3 Å². The van der Waals surface area contributed by atoms with E-state index in [9.17, 15) is 21.6 Å². The van der Waals surface area contributed by atoms with Crippen LogP contribution in [-0.2, 0) is 16.2 Å². The number of alkyl halides is 3. The van der Waals surface area contributed by atoms with Crippen LogP contribution in [-0.4, -0.2) is 40.1 Å². The van der Waals surface area contributed by atoms with Gasteiger partial charge in [-0.1, -0.05) is 6.07 Å². The van der Waals surface area contributed by atoms with Crippen molar-refractivity contribution >= 4 is 27.0 Å². The fourth-order valence-electron chi connectivity index (χ4n) is 3.34. The van der Waals surface area contributed by atoms with Gasteiger partial charge in [0, 0.05) is 12.6 Å². The van der Waals surface area contributed by atoms with Gasteiger partial charge in [0.15, 0.2) is 11.3 Å². The van der Waals surface area contributed by atoms with Gasteiger partial charge in [0.05, 0.1) is 28.6 Å². The van der Waals surface area contributed by atoms with Crippen LogP contribution in [0, 0.1) is 0 Å². The highest BCUT2D eigenvalue weighted by molar-refractivity contribution is 7.88. The van der Waals surface area contributed by atoms with Crippen molar-refractivity contribution in [3.8, 4) is 10.6 Å². The number of hydrogen-bond acceptors (Lipinski definition) is 5. The molecule has 0 saturated carbocycles. The maximum atomic E-state index is 13.6. The molecule has 1 fully saturated rings. The van der Waals surface area contributed by atoms with Gasteiger partial charge in [0.1, 0.15) is 0 Å². The summed E-state index contributed by atoms with van der Waals surface area (Å²) in [5, 5.41) is 5.84. The predicted molar refractivity (Wildman–Crippen MR) is 94.8 cm³/mol. The van der Waals surface area contributed by atoms with Crippen molar-refractivity contribution in [3.63, 3.8) is 0 Å². The molecule has 0 unspecified atom stereocenters. The van der Waals surface area contributed by atoms with E-state index in [1.807, 2.05) is 0 Å². The quantitative estimate of drug-likeness (QED) is 0.655. The lowest BCUT2D eigenvalue weighted by Gasteiger charge is -2.20. The van der Waals surface area contributed by atoms with Crippen LogP contribution in [0.2, 0.25) is 0 Å². The molecule has 144 valence electrons. The lowest BCUT2D eigenvalue weighted by Crippen LogP contribution is -2.29. The molecule has 4 heterocycles. The zero-order valence-electron chi connectivity index (χ0n) is 14.1. The van der Waals surface area contributed by atoms with Crippen LogP contribution >= 0.6 is 11.3 Å². The van der Waals surface area contributed by atoms with E-state index in [-0.39, 0.29) is 17.0 Å². The van der Waals surface area contributed by atoms with Gasteiger partial charge in [-0.3, -0.25) is 0 Å². The second kappa shape index (κ2) is 6.28. The molecule has 0 N–H and O–H groups in total. The van der Waals surface area contributed by atoms with Crippen LogP contribution < -0.4 is 0 Å². The first kappa shape index (κ1) is 18.4. The summed E-state index contributed by atoms with van der Waals surface area (Å²) in [6.45, 7) is 0.331. The molecular formula is C16H15F3N4O2S2. The molecule has 0 aromatic carbocycles. The third-order valence-electron chi connectivity index (χ3n) is 4.48. The Morgan fingerprint density at radius 2 is 2.07 bits per heavy atom. The Labute approximate surface area is 157 Å². The third-order valence-corrected chi connectivity index (χ3v) is 6.66. The van der Waals surface area contributed by atoms with Crippen molar-refractivity contribution in [2.24, 2.45) is 0 Å². The van der Waals surface area contributed by atoms with E-state index >= 15 is 0 Å². The smallest absolute Gasteiger partial charge is 0.228 e. The van der Waals surface area contributed by atoms with Crippen molar-refractivity contribution in [1.29, 1.82) is 0 Å². The Morgan fingerprint density at radius 3 is 2.70 bits per heavy atom. The number of nitrogens with zero attached hydrogens (tertiary/aromatic N) is 4. The molecule has 3 aromatic heterocycles. The molecule has 3 aromatic rings. The highest BCUT2D eigenvalue weighted by atomic mass is 32.2. The zero-order valence-corrected chi connectivity index (χ0v) is 15.8. The molecule has 1 aliphatic rings. The van der Waals surface area contributed by atoms with Crippen LogP contribution in [0.3, 0.4) is 0 Å². The largest absolute Gasteiger partial charge is 0.433 e. The molecule has 1 saturated heterocycles. The lowest BCUT2D eigenvalue weighted by molar-refractivity contribution is -0.142. The first-order chi connectivity index (χ1) is 12.6. The molecule has 27 heavy (non-hydrogen) atoms. The van der Waals surface area contributed by atoms with Crippen molar-refractivity contribution in [3.05, 3.63) is 41.0 Å². The second-order valence-electron chi connectivity index (χ2n) is 6.37. The molecule has 0 amide bonds.